The molecule has 6 heteroatoms. The maximum absolute atomic E-state index is 11.7. The molecule has 1 aromatic carbocycles. The molecular formula is C15H21N3O2S. The number of fused-ring (bicyclic) bond motifs is 1. The Morgan fingerprint density at radius 2 is 2.10 bits per heavy atom. The molecule has 1 aromatic heterocycles. The van der Waals surface area contributed by atoms with E-state index in [1.165, 1.54) is 6.26 Å². The van der Waals surface area contributed by atoms with Crippen molar-refractivity contribution in [1.29, 1.82) is 0 Å². The standard InChI is InChI=1S/C15H21N3O2S/c1-10(2)15(6-7-16-9-15)14-17-12-5-4-11(21(3,19)20)8-13(12)18-14/h4-5,8,10,16H,6-7,9H2,1-3H3,(H,17,18). The molecule has 0 saturated carbocycles. The van der Waals surface area contributed by atoms with Crippen LogP contribution in [0.5, 0.6) is 0 Å². The molecular weight excluding hydrogens is 286 g/mol. The molecule has 2 N–H and O–H groups in total. The Balaban J connectivity index is 2.13. The van der Waals surface area contributed by atoms with Gasteiger partial charge in [-0.25, -0.2) is 13.4 Å². The van der Waals surface area contributed by atoms with E-state index < -0.39 is 9.84 Å². The first-order valence-electron chi connectivity index (χ1n) is 7.24. The molecule has 0 bridgehead atoms. The molecule has 114 valence electrons. The van der Waals surface area contributed by atoms with Crippen molar-refractivity contribution in [1.82, 2.24) is 15.3 Å². The Morgan fingerprint density at radius 1 is 1.33 bits per heavy atom. The van der Waals surface area contributed by atoms with Crippen LogP contribution in [0.2, 0.25) is 0 Å². The number of nitrogens with one attached hydrogen (secondary N) is 2. The van der Waals surface area contributed by atoms with Crippen molar-refractivity contribution >= 4 is 20.9 Å². The predicted molar refractivity (Wildman–Crippen MR) is 83.2 cm³/mol. The highest BCUT2D eigenvalue weighted by molar-refractivity contribution is 7.90. The molecule has 1 saturated heterocycles. The van der Waals surface area contributed by atoms with Crippen LogP contribution in [-0.4, -0.2) is 37.7 Å². The minimum atomic E-state index is -3.20. The smallest absolute Gasteiger partial charge is 0.175 e. The van der Waals surface area contributed by atoms with Gasteiger partial charge in [0.1, 0.15) is 5.82 Å². The Kier molecular flexibility index (Phi) is 3.33. The summed E-state index contributed by atoms with van der Waals surface area (Å²) in [7, 11) is -3.20. The zero-order valence-electron chi connectivity index (χ0n) is 12.6. The monoisotopic (exact) mass is 307 g/mol. The Morgan fingerprint density at radius 3 is 2.67 bits per heavy atom. The highest BCUT2D eigenvalue weighted by atomic mass is 32.2. The van der Waals surface area contributed by atoms with Gasteiger partial charge >= 0.3 is 0 Å². The molecule has 1 fully saturated rings. The van der Waals surface area contributed by atoms with E-state index in [-0.39, 0.29) is 5.41 Å². The van der Waals surface area contributed by atoms with Crippen LogP contribution in [0.4, 0.5) is 0 Å². The first-order valence-corrected chi connectivity index (χ1v) is 9.13. The Bertz CT molecular complexity index is 771. The van der Waals surface area contributed by atoms with Crippen molar-refractivity contribution in [2.45, 2.75) is 30.6 Å². The SMILES string of the molecule is CC(C)C1(c2nc3ccc(S(C)(=O)=O)cc3[nH]2)CCNC1. The first-order chi connectivity index (χ1) is 9.83. The summed E-state index contributed by atoms with van der Waals surface area (Å²) in [5, 5.41) is 3.42. The molecule has 1 aliphatic heterocycles. The van der Waals surface area contributed by atoms with Crippen molar-refractivity contribution in [3.63, 3.8) is 0 Å². The number of imidazole rings is 1. The van der Waals surface area contributed by atoms with Gasteiger partial charge in [-0.15, -0.1) is 0 Å². The fourth-order valence-electron chi connectivity index (χ4n) is 3.13. The third kappa shape index (κ3) is 2.36. The molecule has 21 heavy (non-hydrogen) atoms. The van der Waals surface area contributed by atoms with Crippen LogP contribution in [0.1, 0.15) is 26.1 Å². The van der Waals surface area contributed by atoms with Crippen LogP contribution in [0.3, 0.4) is 0 Å². The topological polar surface area (TPSA) is 74.8 Å². The lowest BCUT2D eigenvalue weighted by atomic mass is 9.76. The van der Waals surface area contributed by atoms with Crippen LogP contribution in [0, 0.1) is 5.92 Å². The summed E-state index contributed by atoms with van der Waals surface area (Å²) in [5.74, 6) is 1.42. The number of hydrogen-bond donors (Lipinski definition) is 2. The summed E-state index contributed by atoms with van der Waals surface area (Å²) in [6.07, 6.45) is 2.27. The van der Waals surface area contributed by atoms with Crippen molar-refractivity contribution in [3.05, 3.63) is 24.0 Å². The molecule has 0 amide bonds. The maximum Gasteiger partial charge on any atom is 0.175 e. The number of aromatic amines is 1. The molecule has 0 spiro atoms. The predicted octanol–water partition coefficient (Wildman–Crippen LogP) is 1.85. The van der Waals surface area contributed by atoms with E-state index in [9.17, 15) is 8.42 Å². The zero-order valence-corrected chi connectivity index (χ0v) is 13.4. The van der Waals surface area contributed by atoms with Gasteiger partial charge in [0, 0.05) is 18.2 Å². The summed E-state index contributed by atoms with van der Waals surface area (Å²) < 4.78 is 23.3. The lowest BCUT2D eigenvalue weighted by Gasteiger charge is -2.30. The largest absolute Gasteiger partial charge is 0.341 e. The van der Waals surface area contributed by atoms with Gasteiger partial charge in [0.15, 0.2) is 9.84 Å². The van der Waals surface area contributed by atoms with Crippen LogP contribution in [-0.2, 0) is 15.3 Å². The maximum atomic E-state index is 11.7. The van der Waals surface area contributed by atoms with Crippen LogP contribution >= 0.6 is 0 Å². The molecule has 2 heterocycles. The Labute approximate surface area is 125 Å². The fraction of sp³-hybridized carbons (Fsp3) is 0.533. The fourth-order valence-corrected chi connectivity index (χ4v) is 3.78. The summed E-state index contributed by atoms with van der Waals surface area (Å²) in [6.45, 7) is 6.32. The van der Waals surface area contributed by atoms with E-state index in [0.717, 1.165) is 36.4 Å². The van der Waals surface area contributed by atoms with Crippen molar-refractivity contribution in [3.8, 4) is 0 Å². The minimum absolute atomic E-state index is 0.00424. The average Bonchev–Trinajstić information content (AvgIpc) is 3.04. The number of rotatable bonds is 3. The van der Waals surface area contributed by atoms with Crippen LogP contribution in [0.15, 0.2) is 23.1 Å². The van der Waals surface area contributed by atoms with Gasteiger partial charge in [-0.05, 0) is 37.1 Å². The van der Waals surface area contributed by atoms with Crippen molar-refractivity contribution in [2.24, 2.45) is 5.92 Å². The zero-order chi connectivity index (χ0) is 15.3. The third-order valence-corrected chi connectivity index (χ3v) is 5.76. The van der Waals surface area contributed by atoms with Gasteiger partial charge in [0.25, 0.3) is 0 Å². The normalized spacial score (nSPS) is 23.2. The van der Waals surface area contributed by atoms with E-state index in [2.05, 4.69) is 24.1 Å². The lowest BCUT2D eigenvalue weighted by Crippen LogP contribution is -2.35. The molecule has 1 aliphatic rings. The second kappa shape index (κ2) is 4.81. The van der Waals surface area contributed by atoms with Gasteiger partial charge in [-0.2, -0.15) is 0 Å². The number of aromatic nitrogens is 2. The number of benzene rings is 1. The molecule has 2 aromatic rings. The van der Waals surface area contributed by atoms with E-state index in [0.29, 0.717) is 10.8 Å². The number of nitrogens with zero attached hydrogens (tertiary/aromatic N) is 1. The minimum Gasteiger partial charge on any atom is -0.341 e. The van der Waals surface area contributed by atoms with Crippen molar-refractivity contribution in [2.75, 3.05) is 19.3 Å². The van der Waals surface area contributed by atoms with E-state index >= 15 is 0 Å². The summed E-state index contributed by atoms with van der Waals surface area (Å²) >= 11 is 0. The number of H-pyrrole nitrogens is 1. The second-order valence-corrected chi connectivity index (χ2v) is 8.29. The molecule has 3 rings (SSSR count). The highest BCUT2D eigenvalue weighted by Gasteiger charge is 2.41. The second-order valence-electron chi connectivity index (χ2n) is 6.27. The van der Waals surface area contributed by atoms with Gasteiger partial charge in [0.05, 0.1) is 15.9 Å². The summed E-state index contributed by atoms with van der Waals surface area (Å²) in [5.41, 5.74) is 1.62. The molecule has 1 unspecified atom stereocenters. The van der Waals surface area contributed by atoms with Gasteiger partial charge in [-0.1, -0.05) is 13.8 Å². The quantitative estimate of drug-likeness (QED) is 0.907. The number of sulfone groups is 1. The van der Waals surface area contributed by atoms with E-state index in [1.807, 2.05) is 0 Å². The lowest BCUT2D eigenvalue weighted by molar-refractivity contribution is 0.321. The van der Waals surface area contributed by atoms with Crippen LogP contribution < -0.4 is 5.32 Å². The van der Waals surface area contributed by atoms with E-state index in [1.54, 1.807) is 18.2 Å². The molecule has 0 radical (unpaired) electrons. The molecule has 5 nitrogen and oxygen atoms in total. The highest BCUT2D eigenvalue weighted by Crippen LogP contribution is 2.37. The van der Waals surface area contributed by atoms with Gasteiger partial charge < -0.3 is 10.3 Å². The summed E-state index contributed by atoms with van der Waals surface area (Å²) in [4.78, 5) is 8.40. The third-order valence-electron chi connectivity index (χ3n) is 4.65. The van der Waals surface area contributed by atoms with Gasteiger partial charge in [0.2, 0.25) is 0 Å². The summed E-state index contributed by atoms with van der Waals surface area (Å²) in [6, 6.07) is 5.08. The van der Waals surface area contributed by atoms with Crippen molar-refractivity contribution < 1.29 is 8.42 Å². The van der Waals surface area contributed by atoms with Crippen LogP contribution in [0.25, 0.3) is 11.0 Å². The van der Waals surface area contributed by atoms with E-state index in [4.69, 9.17) is 4.98 Å². The average molecular weight is 307 g/mol. The van der Waals surface area contributed by atoms with Gasteiger partial charge in [-0.3, -0.25) is 0 Å². The first kappa shape index (κ1) is 14.5. The Hall–Kier alpha value is -1.40. The number of hydrogen-bond acceptors (Lipinski definition) is 4. The molecule has 0 aliphatic carbocycles. The molecule has 1 atom stereocenters.